The molecular weight excluding hydrogens is 356 g/mol. The van der Waals surface area contributed by atoms with E-state index in [1.165, 1.54) is 5.56 Å². The lowest BCUT2D eigenvalue weighted by molar-refractivity contribution is -0.120. The first kappa shape index (κ1) is 20.9. The van der Waals surface area contributed by atoms with Gasteiger partial charge in [0.05, 0.1) is 12.5 Å². The topological polar surface area (TPSA) is 50.4 Å². The number of carbonyl (C=O) groups excluding carboxylic acids is 1. The Balaban J connectivity index is 1.90. The number of rotatable bonds is 7. The summed E-state index contributed by atoms with van der Waals surface area (Å²) < 4.78 is 5.41. The average Bonchev–Trinajstić information content (AvgIpc) is 2.63. The minimum absolute atomic E-state index is 0.130. The molecule has 2 N–H and O–H groups in total. The Morgan fingerprint density at radius 3 is 2.22 bits per heavy atom. The quantitative estimate of drug-likeness (QED) is 0.667. The minimum atomic E-state index is -0.279. The van der Waals surface area contributed by atoms with E-state index >= 15 is 0 Å². The van der Waals surface area contributed by atoms with Gasteiger partial charge in [-0.25, -0.2) is 0 Å². The van der Waals surface area contributed by atoms with Crippen LogP contribution < -0.4 is 15.4 Å². The van der Waals surface area contributed by atoms with Gasteiger partial charge in [-0.15, -0.1) is 0 Å². The largest absolute Gasteiger partial charge is 0.494 e. The third-order valence-electron chi connectivity index (χ3n) is 4.18. The van der Waals surface area contributed by atoms with E-state index in [0.717, 1.165) is 23.4 Å². The normalized spacial score (nSPS) is 11.7. The number of hydrogen-bond donors (Lipinski definition) is 2. The van der Waals surface area contributed by atoms with Crippen LogP contribution in [0.1, 0.15) is 44.7 Å². The Bertz CT molecular complexity index is 755. The van der Waals surface area contributed by atoms with Crippen LogP contribution in [0.2, 0.25) is 0 Å². The van der Waals surface area contributed by atoms with Crippen LogP contribution in [0, 0.1) is 5.92 Å². The van der Waals surface area contributed by atoms with E-state index < -0.39 is 0 Å². The van der Waals surface area contributed by atoms with Crippen molar-refractivity contribution in [3.63, 3.8) is 0 Å². The molecule has 2 rings (SSSR count). The second-order valence-electron chi connectivity index (χ2n) is 6.96. The Hall–Kier alpha value is -2.40. The Morgan fingerprint density at radius 1 is 1.04 bits per heavy atom. The maximum atomic E-state index is 12.5. The Morgan fingerprint density at radius 2 is 1.67 bits per heavy atom. The molecule has 0 aliphatic rings. The van der Waals surface area contributed by atoms with Gasteiger partial charge in [-0.1, -0.05) is 38.1 Å². The first-order chi connectivity index (χ1) is 12.9. The van der Waals surface area contributed by atoms with Crippen LogP contribution in [-0.4, -0.2) is 17.6 Å². The van der Waals surface area contributed by atoms with E-state index in [1.807, 2.05) is 50.2 Å². The number of carbonyl (C=O) groups is 1. The van der Waals surface area contributed by atoms with E-state index in [1.54, 1.807) is 0 Å². The number of benzene rings is 2. The molecule has 144 valence electrons. The molecule has 0 aliphatic carbocycles. The molecule has 0 fully saturated rings. The maximum Gasteiger partial charge on any atom is 0.233 e. The van der Waals surface area contributed by atoms with Gasteiger partial charge >= 0.3 is 0 Å². The minimum Gasteiger partial charge on any atom is -0.494 e. The van der Waals surface area contributed by atoms with Gasteiger partial charge in [0.25, 0.3) is 0 Å². The van der Waals surface area contributed by atoms with Crippen LogP contribution >= 0.6 is 12.2 Å². The van der Waals surface area contributed by atoms with Gasteiger partial charge in [0.2, 0.25) is 5.91 Å². The summed E-state index contributed by atoms with van der Waals surface area (Å²) in [4.78, 5) is 12.5. The monoisotopic (exact) mass is 384 g/mol. The van der Waals surface area contributed by atoms with Crippen molar-refractivity contribution in [1.29, 1.82) is 0 Å². The number of nitrogens with one attached hydrogen (secondary N) is 2. The molecule has 4 nitrogen and oxygen atoms in total. The predicted octanol–water partition coefficient (Wildman–Crippen LogP) is 4.90. The number of anilines is 1. The predicted molar refractivity (Wildman–Crippen MR) is 115 cm³/mol. The van der Waals surface area contributed by atoms with Crippen LogP contribution in [0.3, 0.4) is 0 Å². The van der Waals surface area contributed by atoms with E-state index in [4.69, 9.17) is 17.0 Å². The second kappa shape index (κ2) is 10.1. The molecule has 2 aromatic rings. The van der Waals surface area contributed by atoms with Crippen LogP contribution in [0.25, 0.3) is 0 Å². The highest BCUT2D eigenvalue weighted by Crippen LogP contribution is 2.18. The Kier molecular flexibility index (Phi) is 7.80. The third kappa shape index (κ3) is 6.68. The highest BCUT2D eigenvalue weighted by Gasteiger charge is 2.16. The molecule has 0 saturated carbocycles. The second-order valence-corrected chi connectivity index (χ2v) is 7.37. The number of hydrogen-bond acceptors (Lipinski definition) is 3. The molecule has 0 bridgehead atoms. The van der Waals surface area contributed by atoms with Crippen LogP contribution in [0.4, 0.5) is 5.69 Å². The lowest BCUT2D eigenvalue weighted by atomic mass is 9.96. The number of thiocarbonyl (C=S) groups is 1. The Labute approximate surface area is 167 Å². The van der Waals surface area contributed by atoms with Crippen molar-refractivity contribution < 1.29 is 9.53 Å². The first-order valence-corrected chi connectivity index (χ1v) is 9.73. The van der Waals surface area contributed by atoms with Crippen molar-refractivity contribution in [3.8, 4) is 5.75 Å². The van der Waals surface area contributed by atoms with Gasteiger partial charge in [-0.2, -0.15) is 0 Å². The van der Waals surface area contributed by atoms with Gasteiger partial charge in [-0.3, -0.25) is 4.79 Å². The molecule has 0 saturated heterocycles. The lowest BCUT2D eigenvalue weighted by Gasteiger charge is -2.15. The van der Waals surface area contributed by atoms with Crippen molar-refractivity contribution in [1.82, 2.24) is 5.32 Å². The van der Waals surface area contributed by atoms with Crippen LogP contribution in [-0.2, 0) is 11.2 Å². The van der Waals surface area contributed by atoms with Crippen molar-refractivity contribution in [2.45, 2.75) is 40.0 Å². The summed E-state index contributed by atoms with van der Waals surface area (Å²) in [7, 11) is 0. The zero-order valence-electron chi connectivity index (χ0n) is 16.4. The molecule has 5 heteroatoms. The molecule has 0 heterocycles. The van der Waals surface area contributed by atoms with Crippen molar-refractivity contribution in [3.05, 3.63) is 59.7 Å². The molecule has 0 aliphatic heterocycles. The summed E-state index contributed by atoms with van der Waals surface area (Å²) in [5.41, 5.74) is 3.06. The van der Waals surface area contributed by atoms with Crippen molar-refractivity contribution in [2.24, 2.45) is 5.92 Å². The third-order valence-corrected chi connectivity index (χ3v) is 4.38. The fourth-order valence-electron chi connectivity index (χ4n) is 2.75. The molecule has 1 unspecified atom stereocenters. The smallest absolute Gasteiger partial charge is 0.233 e. The van der Waals surface area contributed by atoms with E-state index in [0.29, 0.717) is 12.5 Å². The molecule has 27 heavy (non-hydrogen) atoms. The summed E-state index contributed by atoms with van der Waals surface area (Å²) in [6.45, 7) is 8.84. The van der Waals surface area contributed by atoms with Crippen molar-refractivity contribution in [2.75, 3.05) is 11.9 Å². The summed E-state index contributed by atoms with van der Waals surface area (Å²) >= 11 is 5.26. The lowest BCUT2D eigenvalue weighted by Crippen LogP contribution is -2.36. The van der Waals surface area contributed by atoms with Gasteiger partial charge in [0.1, 0.15) is 5.75 Å². The van der Waals surface area contributed by atoms with Gasteiger partial charge < -0.3 is 15.4 Å². The maximum absolute atomic E-state index is 12.5. The van der Waals surface area contributed by atoms with Gasteiger partial charge in [0.15, 0.2) is 5.11 Å². The molecule has 0 radical (unpaired) electrons. The molecule has 2 aromatic carbocycles. The fraction of sp³-hybridized carbons (Fsp3) is 0.364. The number of amides is 1. The van der Waals surface area contributed by atoms with Crippen molar-refractivity contribution >= 4 is 28.9 Å². The first-order valence-electron chi connectivity index (χ1n) is 9.32. The average molecular weight is 385 g/mol. The zero-order valence-corrected chi connectivity index (χ0v) is 17.2. The molecule has 0 aromatic heterocycles. The van der Waals surface area contributed by atoms with Crippen LogP contribution in [0.15, 0.2) is 48.5 Å². The van der Waals surface area contributed by atoms with E-state index in [2.05, 4.69) is 36.6 Å². The molecule has 0 spiro atoms. The summed E-state index contributed by atoms with van der Waals surface area (Å²) in [6, 6.07) is 15.7. The standard InChI is InChI=1S/C22H28N2O2S/c1-5-26-20-12-10-19(11-13-20)23-22(27)24-21(25)16(4)18-8-6-17(7-9-18)14-15(2)3/h6-13,15-16H,5,14H2,1-4H3,(H2,23,24,25,27). The molecule has 1 amide bonds. The SMILES string of the molecule is CCOc1ccc(NC(=S)NC(=O)C(C)c2ccc(CC(C)C)cc2)cc1. The molecular formula is C22H28N2O2S. The van der Waals surface area contributed by atoms with Gasteiger partial charge in [0, 0.05) is 5.69 Å². The van der Waals surface area contributed by atoms with E-state index in [-0.39, 0.29) is 16.9 Å². The van der Waals surface area contributed by atoms with Gasteiger partial charge in [-0.05, 0) is 73.8 Å². The van der Waals surface area contributed by atoms with Crippen LogP contribution in [0.5, 0.6) is 5.75 Å². The van der Waals surface area contributed by atoms with E-state index in [9.17, 15) is 4.79 Å². The summed E-state index contributed by atoms with van der Waals surface area (Å²) in [6.07, 6.45) is 1.04. The fourth-order valence-corrected chi connectivity index (χ4v) is 2.97. The highest BCUT2D eigenvalue weighted by atomic mass is 32.1. The molecule has 1 atom stereocenters. The number of ether oxygens (including phenoxy) is 1. The zero-order chi connectivity index (χ0) is 19.8. The highest BCUT2D eigenvalue weighted by molar-refractivity contribution is 7.80. The summed E-state index contributed by atoms with van der Waals surface area (Å²) in [5, 5.41) is 6.07. The summed E-state index contributed by atoms with van der Waals surface area (Å²) in [5.74, 6) is 1.00.